The molecule has 0 radical (unpaired) electrons. The lowest BCUT2D eigenvalue weighted by Crippen LogP contribution is -2.50. The molecular weight excluding hydrogens is 448 g/mol. The lowest BCUT2D eigenvalue weighted by Gasteiger charge is -2.42. The molecule has 2 unspecified atom stereocenters. The summed E-state index contributed by atoms with van der Waals surface area (Å²) in [4.78, 5) is 35.6. The van der Waals surface area contributed by atoms with Crippen LogP contribution in [0.25, 0.3) is 0 Å². The van der Waals surface area contributed by atoms with E-state index in [0.29, 0.717) is 16.3 Å². The Morgan fingerprint density at radius 2 is 2.12 bits per heavy atom. The molecule has 2 rings (SSSR count). The van der Waals surface area contributed by atoms with E-state index in [-0.39, 0.29) is 26.3 Å². The number of hydrogen-bond donors (Lipinski definition) is 2. The summed E-state index contributed by atoms with van der Waals surface area (Å²) < 4.78 is 8.92. The molecule has 2 N–H and O–H groups in total. The maximum absolute atomic E-state index is 13.3. The fourth-order valence-corrected chi connectivity index (χ4v) is 4.49. The number of hydrogen-bond acceptors (Lipinski definition) is 9. The maximum atomic E-state index is 13.3. The summed E-state index contributed by atoms with van der Waals surface area (Å²) >= 11 is 1.17. The number of quaternary nitrogens is 1. The quantitative estimate of drug-likeness (QED) is 0.227. The van der Waals surface area contributed by atoms with Crippen LogP contribution < -0.4 is 10.6 Å². The van der Waals surface area contributed by atoms with Crippen LogP contribution in [-0.2, 0) is 23.9 Å². The zero-order valence-electron chi connectivity index (χ0n) is 18.4. The van der Waals surface area contributed by atoms with E-state index in [9.17, 15) is 24.9 Å². The highest BCUT2D eigenvalue weighted by molar-refractivity contribution is 8.03. The van der Waals surface area contributed by atoms with Gasteiger partial charge in [0, 0.05) is 24.5 Å². The molecule has 176 valence electrons. The zero-order valence-corrected chi connectivity index (χ0v) is 19.2. The number of carbonyl (C=O) groups is 3. The first-order valence-corrected chi connectivity index (χ1v) is 11.0. The molecule has 0 aliphatic carbocycles. The minimum atomic E-state index is -1.21. The van der Waals surface area contributed by atoms with Crippen molar-refractivity contribution in [2.24, 2.45) is 5.92 Å². The minimum absolute atomic E-state index is 0.0304. The van der Waals surface area contributed by atoms with Crippen molar-refractivity contribution in [3.05, 3.63) is 53.2 Å². The molecule has 1 aliphatic heterocycles. The van der Waals surface area contributed by atoms with E-state index in [1.54, 1.807) is 37.4 Å². The van der Waals surface area contributed by atoms with Gasteiger partial charge in [0.15, 0.2) is 12.0 Å². The molecule has 10 nitrogen and oxygen atoms in total. The number of benzene rings is 1. The Labute approximate surface area is 196 Å². The summed E-state index contributed by atoms with van der Waals surface area (Å²) in [6.45, 7) is 6.27. The van der Waals surface area contributed by atoms with Gasteiger partial charge in [-0.05, 0) is 25.1 Å². The summed E-state index contributed by atoms with van der Waals surface area (Å²) in [6.07, 6.45) is 3.05. The molecule has 0 aromatic heterocycles. The van der Waals surface area contributed by atoms with Crippen LogP contribution in [0.1, 0.15) is 13.8 Å². The van der Waals surface area contributed by atoms with Gasteiger partial charge >= 0.3 is 11.9 Å². The highest BCUT2D eigenvalue weighted by Gasteiger charge is 2.47. The number of thioether (sulfide) groups is 1. The Hall–Kier alpha value is -3.33. The number of likely N-dealkylation sites (N-methyl/N-ethyl adjacent to an activating group) is 1. The summed E-state index contributed by atoms with van der Waals surface area (Å²) in [5.74, 6) is -2.98. The minimum Gasteiger partial charge on any atom is -0.632 e. The van der Waals surface area contributed by atoms with Crippen LogP contribution in [0.3, 0.4) is 0 Å². The van der Waals surface area contributed by atoms with Gasteiger partial charge in [-0.1, -0.05) is 30.5 Å². The molecule has 3 atom stereocenters. The third kappa shape index (κ3) is 7.35. The zero-order chi connectivity index (χ0) is 24.4. The number of anilines is 2. The first kappa shape index (κ1) is 25.9. The molecule has 33 heavy (non-hydrogen) atoms. The molecule has 0 saturated carbocycles. The number of nitriles is 1. The highest BCUT2D eigenvalue weighted by Crippen LogP contribution is 2.43. The molecular formula is C22H26N4O6S. The molecule has 1 amide bonds. The molecule has 1 saturated heterocycles. The second kappa shape index (κ2) is 12.1. The van der Waals surface area contributed by atoms with Gasteiger partial charge in [-0.2, -0.15) is 5.26 Å². The number of ether oxygens (including phenoxy) is 2. The highest BCUT2D eigenvalue weighted by atomic mass is 32.2. The molecule has 11 heteroatoms. The number of rotatable bonds is 10. The standard InChI is InChI=1S/C22H26N4O6S/c1-4-9-31-22(29)19(11-23)21-26(30,5-2)13-18(33-21)12-24-16-7-6-8-17(10-16)25-20(28)14-32-15(3)27/h4,6-8,10,12,19,21,24H,1,5,9,13-14H2,2-3H3,(H,25,28)/b18-12+/t19-,21?,26?/m0/s1. The average Bonchev–Trinajstić information content (AvgIpc) is 3.12. The van der Waals surface area contributed by atoms with Crippen molar-refractivity contribution in [1.29, 1.82) is 5.26 Å². The first-order valence-electron chi connectivity index (χ1n) is 10.1. The van der Waals surface area contributed by atoms with Gasteiger partial charge in [-0.15, -0.1) is 0 Å². The molecule has 1 aliphatic rings. The number of nitrogens with one attached hydrogen (secondary N) is 2. The Bertz CT molecular complexity index is 976. The van der Waals surface area contributed by atoms with E-state index in [0.717, 1.165) is 0 Å². The lowest BCUT2D eigenvalue weighted by atomic mass is 10.1. The summed E-state index contributed by atoms with van der Waals surface area (Å²) in [5, 5.41) is 27.6. The maximum Gasteiger partial charge on any atom is 0.330 e. The van der Waals surface area contributed by atoms with E-state index in [1.807, 2.05) is 6.07 Å². The number of nitrogens with zero attached hydrogens (tertiary/aromatic N) is 2. The van der Waals surface area contributed by atoms with Crippen LogP contribution in [-0.4, -0.2) is 54.2 Å². The molecule has 1 fully saturated rings. The molecule has 1 aromatic carbocycles. The van der Waals surface area contributed by atoms with Crippen molar-refractivity contribution in [3.8, 4) is 6.07 Å². The Morgan fingerprint density at radius 1 is 1.39 bits per heavy atom. The van der Waals surface area contributed by atoms with Gasteiger partial charge in [0.2, 0.25) is 5.92 Å². The first-order chi connectivity index (χ1) is 15.7. The fourth-order valence-electron chi connectivity index (χ4n) is 3.03. The van der Waals surface area contributed by atoms with Crippen molar-refractivity contribution in [1.82, 2.24) is 0 Å². The van der Waals surface area contributed by atoms with Crippen LogP contribution >= 0.6 is 11.8 Å². The molecule has 0 bridgehead atoms. The van der Waals surface area contributed by atoms with Crippen LogP contribution in [0.4, 0.5) is 11.4 Å². The topological polar surface area (TPSA) is 141 Å². The van der Waals surface area contributed by atoms with Crippen LogP contribution in [0.15, 0.2) is 48.0 Å². The van der Waals surface area contributed by atoms with Crippen molar-refractivity contribution in [3.63, 3.8) is 0 Å². The van der Waals surface area contributed by atoms with Crippen LogP contribution in [0.5, 0.6) is 0 Å². The number of amides is 1. The van der Waals surface area contributed by atoms with E-state index in [2.05, 4.69) is 21.9 Å². The van der Waals surface area contributed by atoms with Gasteiger partial charge in [0.1, 0.15) is 13.2 Å². The summed E-state index contributed by atoms with van der Waals surface area (Å²) in [7, 11) is 0. The van der Waals surface area contributed by atoms with Crippen LogP contribution in [0, 0.1) is 22.5 Å². The second-order valence-electron chi connectivity index (χ2n) is 7.12. The van der Waals surface area contributed by atoms with Gasteiger partial charge in [0.25, 0.3) is 5.91 Å². The van der Waals surface area contributed by atoms with Gasteiger partial charge in [-0.25, -0.2) is 0 Å². The predicted molar refractivity (Wildman–Crippen MR) is 124 cm³/mol. The van der Waals surface area contributed by atoms with E-state index >= 15 is 0 Å². The van der Waals surface area contributed by atoms with Crippen LogP contribution in [0.2, 0.25) is 0 Å². The van der Waals surface area contributed by atoms with E-state index < -0.39 is 33.8 Å². The number of hydroxylamine groups is 3. The molecule has 1 aromatic rings. The summed E-state index contributed by atoms with van der Waals surface area (Å²) in [5.41, 5.74) is 1.13. The smallest absolute Gasteiger partial charge is 0.330 e. The van der Waals surface area contributed by atoms with Gasteiger partial charge < -0.3 is 30.0 Å². The van der Waals surface area contributed by atoms with Crippen molar-refractivity contribution >= 4 is 41.0 Å². The second-order valence-corrected chi connectivity index (χ2v) is 8.37. The molecule has 1 heterocycles. The van der Waals surface area contributed by atoms with Gasteiger partial charge in [-0.3, -0.25) is 14.4 Å². The lowest BCUT2D eigenvalue weighted by molar-refractivity contribution is -0.881. The predicted octanol–water partition coefficient (Wildman–Crippen LogP) is 2.72. The van der Waals surface area contributed by atoms with E-state index in [4.69, 9.17) is 4.74 Å². The van der Waals surface area contributed by atoms with E-state index in [1.165, 1.54) is 24.8 Å². The SMILES string of the molecule is C=CCOC(=O)[C@@H](C#N)C1S/C(=C/Nc2cccc(NC(=O)COC(C)=O)c2)C[N+]1([O-])CC. The number of esters is 2. The Morgan fingerprint density at radius 3 is 2.76 bits per heavy atom. The van der Waals surface area contributed by atoms with Crippen molar-refractivity contribution in [2.45, 2.75) is 19.2 Å². The molecule has 0 spiro atoms. The number of carbonyl (C=O) groups excluding carboxylic acids is 3. The van der Waals surface area contributed by atoms with Crippen molar-refractivity contribution < 1.29 is 28.5 Å². The third-order valence-electron chi connectivity index (χ3n) is 4.67. The van der Waals surface area contributed by atoms with Crippen molar-refractivity contribution in [2.75, 3.05) is 36.9 Å². The largest absolute Gasteiger partial charge is 0.632 e. The Kier molecular flexibility index (Phi) is 9.47. The fraction of sp³-hybridized carbons (Fsp3) is 0.364. The monoisotopic (exact) mass is 474 g/mol. The summed E-state index contributed by atoms with van der Waals surface area (Å²) in [6, 6.07) is 8.74. The van der Waals surface area contributed by atoms with Gasteiger partial charge in [0.05, 0.1) is 17.5 Å². The average molecular weight is 475 g/mol. The third-order valence-corrected chi connectivity index (χ3v) is 6.12. The normalized spacial score (nSPS) is 21.5. The Balaban J connectivity index is 2.09.